The Balaban J connectivity index is 1.59. The molecule has 39 heavy (non-hydrogen) atoms. The van der Waals surface area contributed by atoms with E-state index in [2.05, 4.69) is 21.3 Å². The lowest BCUT2D eigenvalue weighted by atomic mass is 10.0. The number of carbonyl (C=O) groups excluding carboxylic acids is 4. The molecule has 3 aromatic rings. The summed E-state index contributed by atoms with van der Waals surface area (Å²) in [5, 5.41) is 21.1. The van der Waals surface area contributed by atoms with E-state index < -0.39 is 41.7 Å². The van der Waals surface area contributed by atoms with Gasteiger partial charge in [-0.2, -0.15) is 0 Å². The zero-order valence-electron chi connectivity index (χ0n) is 21.6. The van der Waals surface area contributed by atoms with E-state index in [0.29, 0.717) is 5.69 Å². The third kappa shape index (κ3) is 9.58. The highest BCUT2D eigenvalue weighted by Gasteiger charge is 2.25. The summed E-state index contributed by atoms with van der Waals surface area (Å²) in [6.45, 7) is 1.11. The number of carbonyl (C=O) groups is 5. The normalized spacial score (nSPS) is 12.1. The Morgan fingerprint density at radius 1 is 0.769 bits per heavy atom. The fourth-order valence-electron chi connectivity index (χ4n) is 3.88. The van der Waals surface area contributed by atoms with Gasteiger partial charge >= 0.3 is 5.97 Å². The van der Waals surface area contributed by atoms with Gasteiger partial charge in [0.2, 0.25) is 23.6 Å². The number of amides is 4. The van der Waals surface area contributed by atoms with Crippen LogP contribution in [0, 0.1) is 0 Å². The molecule has 0 aliphatic rings. The largest absolute Gasteiger partial charge is 0.481 e. The van der Waals surface area contributed by atoms with Crippen LogP contribution in [0.3, 0.4) is 0 Å². The van der Waals surface area contributed by atoms with Gasteiger partial charge in [-0.05, 0) is 41.8 Å². The van der Waals surface area contributed by atoms with E-state index >= 15 is 0 Å². The third-order valence-corrected chi connectivity index (χ3v) is 5.94. The van der Waals surface area contributed by atoms with Crippen molar-refractivity contribution in [1.29, 1.82) is 0 Å². The van der Waals surface area contributed by atoms with E-state index in [1.165, 1.54) is 6.92 Å². The highest BCUT2D eigenvalue weighted by atomic mass is 16.4. The minimum Gasteiger partial charge on any atom is -0.481 e. The van der Waals surface area contributed by atoms with E-state index in [4.69, 9.17) is 5.11 Å². The second kappa shape index (κ2) is 14.3. The van der Waals surface area contributed by atoms with Gasteiger partial charge in [0.05, 0.1) is 6.54 Å². The van der Waals surface area contributed by atoms with Crippen molar-refractivity contribution in [2.75, 3.05) is 11.9 Å². The van der Waals surface area contributed by atoms with Crippen LogP contribution in [0.2, 0.25) is 0 Å². The van der Waals surface area contributed by atoms with Crippen LogP contribution in [-0.2, 0) is 30.4 Å². The minimum atomic E-state index is -1.00. The lowest BCUT2D eigenvalue weighted by Gasteiger charge is -2.22. The fraction of sp³-hybridized carbons (Fsp3) is 0.276. The van der Waals surface area contributed by atoms with Crippen molar-refractivity contribution in [2.24, 2.45) is 0 Å². The molecule has 5 N–H and O–H groups in total. The van der Waals surface area contributed by atoms with Crippen LogP contribution < -0.4 is 21.3 Å². The maximum absolute atomic E-state index is 13.2. The molecule has 0 bridgehead atoms. The molecule has 0 aliphatic heterocycles. The van der Waals surface area contributed by atoms with Crippen molar-refractivity contribution < 1.29 is 29.1 Å². The van der Waals surface area contributed by atoms with E-state index in [0.717, 1.165) is 16.3 Å². The topological polar surface area (TPSA) is 154 Å². The van der Waals surface area contributed by atoms with Gasteiger partial charge in [0, 0.05) is 24.9 Å². The predicted molar refractivity (Wildman–Crippen MR) is 147 cm³/mol. The van der Waals surface area contributed by atoms with E-state index in [9.17, 15) is 24.0 Å². The number of fused-ring (bicyclic) bond motifs is 1. The number of carboxylic acid groups (broad SMARTS) is 1. The van der Waals surface area contributed by atoms with Crippen molar-refractivity contribution in [2.45, 2.75) is 44.7 Å². The summed E-state index contributed by atoms with van der Waals surface area (Å²) in [5.41, 5.74) is 1.44. The number of carboxylic acids is 1. The molecule has 2 atom stereocenters. The number of benzene rings is 3. The predicted octanol–water partition coefficient (Wildman–Crippen LogP) is 2.38. The highest BCUT2D eigenvalue weighted by Crippen LogP contribution is 2.19. The van der Waals surface area contributed by atoms with Crippen LogP contribution in [0.25, 0.3) is 10.8 Å². The Hall–Kier alpha value is -4.73. The van der Waals surface area contributed by atoms with Crippen LogP contribution in [0.1, 0.15) is 31.7 Å². The van der Waals surface area contributed by atoms with Gasteiger partial charge in [0.1, 0.15) is 12.1 Å². The molecule has 10 heteroatoms. The van der Waals surface area contributed by atoms with E-state index in [1.807, 2.05) is 66.7 Å². The Morgan fingerprint density at radius 2 is 1.46 bits per heavy atom. The number of nitrogens with one attached hydrogen (secondary N) is 4. The molecular weight excluding hydrogens is 500 g/mol. The molecule has 0 spiro atoms. The Bertz CT molecular complexity index is 1330. The molecule has 0 heterocycles. The molecule has 0 aromatic heterocycles. The van der Waals surface area contributed by atoms with Crippen molar-refractivity contribution in [3.05, 3.63) is 78.4 Å². The lowest BCUT2D eigenvalue weighted by Crippen LogP contribution is -2.53. The molecule has 0 aliphatic carbocycles. The van der Waals surface area contributed by atoms with Gasteiger partial charge in [-0.15, -0.1) is 0 Å². The van der Waals surface area contributed by atoms with E-state index in [-0.39, 0.29) is 32.2 Å². The highest BCUT2D eigenvalue weighted by molar-refractivity contribution is 6.00. The SMILES string of the molecule is C[C@H](NC(=O)CNC(=O)CCCC(=O)O)C(=O)N[C@@H](Cc1ccccc1)C(=O)Nc1ccc2ccccc2c1. The molecule has 0 fully saturated rings. The maximum atomic E-state index is 13.2. The molecule has 0 radical (unpaired) electrons. The molecule has 0 saturated heterocycles. The maximum Gasteiger partial charge on any atom is 0.303 e. The average molecular weight is 533 g/mol. The summed E-state index contributed by atoms with van der Waals surface area (Å²) in [6, 6.07) is 20.7. The quantitative estimate of drug-likeness (QED) is 0.228. The van der Waals surface area contributed by atoms with Gasteiger partial charge in [0.15, 0.2) is 0 Å². The number of rotatable bonds is 13. The Morgan fingerprint density at radius 3 is 2.18 bits per heavy atom. The fourth-order valence-corrected chi connectivity index (χ4v) is 3.88. The van der Waals surface area contributed by atoms with Crippen LogP contribution in [-0.4, -0.2) is 53.3 Å². The molecule has 4 amide bonds. The summed E-state index contributed by atoms with van der Waals surface area (Å²) in [6.07, 6.45) is 0.225. The molecular formula is C29H32N4O6. The first-order valence-electron chi connectivity index (χ1n) is 12.6. The lowest BCUT2D eigenvalue weighted by molar-refractivity contribution is -0.137. The van der Waals surface area contributed by atoms with Crippen LogP contribution >= 0.6 is 0 Å². The molecule has 3 rings (SSSR count). The number of hydrogen-bond acceptors (Lipinski definition) is 5. The van der Waals surface area contributed by atoms with Gasteiger partial charge in [0.25, 0.3) is 0 Å². The average Bonchev–Trinajstić information content (AvgIpc) is 2.91. The Labute approximate surface area is 226 Å². The minimum absolute atomic E-state index is 0.0247. The summed E-state index contributed by atoms with van der Waals surface area (Å²) in [4.78, 5) is 60.7. The summed E-state index contributed by atoms with van der Waals surface area (Å²) >= 11 is 0. The molecule has 204 valence electrons. The standard InChI is InChI=1S/C29H32N4O6/c1-19(31-26(35)18-30-25(34)12-7-13-27(36)37)28(38)33-24(16-20-8-3-2-4-9-20)29(39)32-23-15-14-21-10-5-6-11-22(21)17-23/h2-6,8-11,14-15,17,19,24H,7,12-13,16,18H2,1H3,(H,30,34)(H,31,35)(H,32,39)(H,33,38)(H,36,37)/t19-,24-/m0/s1. The van der Waals surface area contributed by atoms with Crippen molar-refractivity contribution in [1.82, 2.24) is 16.0 Å². The second-order valence-electron chi connectivity index (χ2n) is 9.12. The second-order valence-corrected chi connectivity index (χ2v) is 9.12. The van der Waals surface area contributed by atoms with Gasteiger partial charge in [-0.1, -0.05) is 60.7 Å². The van der Waals surface area contributed by atoms with Gasteiger partial charge in [-0.25, -0.2) is 0 Å². The van der Waals surface area contributed by atoms with Crippen LogP contribution in [0.4, 0.5) is 5.69 Å². The Kier molecular flexibility index (Phi) is 10.6. The summed E-state index contributed by atoms with van der Waals surface area (Å²) in [5.74, 6) is -3.03. The third-order valence-electron chi connectivity index (χ3n) is 5.94. The number of hydrogen-bond donors (Lipinski definition) is 5. The molecule has 3 aromatic carbocycles. The molecule has 0 unspecified atom stereocenters. The van der Waals surface area contributed by atoms with E-state index in [1.54, 1.807) is 6.07 Å². The van der Waals surface area contributed by atoms with Crippen molar-refractivity contribution in [3.63, 3.8) is 0 Å². The number of anilines is 1. The summed E-state index contributed by atoms with van der Waals surface area (Å²) < 4.78 is 0. The van der Waals surface area contributed by atoms with Gasteiger partial charge in [-0.3, -0.25) is 24.0 Å². The van der Waals surface area contributed by atoms with Crippen molar-refractivity contribution in [3.8, 4) is 0 Å². The zero-order valence-corrected chi connectivity index (χ0v) is 21.6. The monoisotopic (exact) mass is 532 g/mol. The first-order valence-corrected chi connectivity index (χ1v) is 12.6. The summed E-state index contributed by atoms with van der Waals surface area (Å²) in [7, 11) is 0. The molecule has 0 saturated carbocycles. The first kappa shape index (κ1) is 28.8. The molecule has 10 nitrogen and oxygen atoms in total. The smallest absolute Gasteiger partial charge is 0.303 e. The first-order chi connectivity index (χ1) is 18.7. The van der Waals surface area contributed by atoms with Crippen LogP contribution in [0.15, 0.2) is 72.8 Å². The zero-order chi connectivity index (χ0) is 28.2. The van der Waals surface area contributed by atoms with Crippen molar-refractivity contribution >= 4 is 46.1 Å². The van der Waals surface area contributed by atoms with Gasteiger partial charge < -0.3 is 26.4 Å². The number of aliphatic carboxylic acids is 1. The van der Waals surface area contributed by atoms with Crippen LogP contribution in [0.5, 0.6) is 0 Å².